The molecule has 5 rings (SSSR count). The first kappa shape index (κ1) is 23.7. The van der Waals surface area contributed by atoms with Gasteiger partial charge in [-0.05, 0) is 62.9 Å². The summed E-state index contributed by atoms with van der Waals surface area (Å²) in [6, 6.07) is 7.66. The van der Waals surface area contributed by atoms with E-state index in [1.54, 1.807) is 22.8 Å². The zero-order valence-corrected chi connectivity index (χ0v) is 20.0. The van der Waals surface area contributed by atoms with Crippen molar-refractivity contribution in [3.05, 3.63) is 48.0 Å². The van der Waals surface area contributed by atoms with Crippen LogP contribution in [0, 0.1) is 0 Å². The Morgan fingerprint density at radius 2 is 1.94 bits per heavy atom. The van der Waals surface area contributed by atoms with Gasteiger partial charge in [0, 0.05) is 25.2 Å². The van der Waals surface area contributed by atoms with Crippen LogP contribution in [0.2, 0.25) is 0 Å². The number of benzene rings is 1. The number of rotatable bonds is 6. The van der Waals surface area contributed by atoms with Gasteiger partial charge in [-0.25, -0.2) is 15.0 Å². The third kappa shape index (κ3) is 4.73. The van der Waals surface area contributed by atoms with Crippen LogP contribution in [0.4, 0.5) is 5.82 Å². The van der Waals surface area contributed by atoms with E-state index in [1.165, 1.54) is 24.7 Å². The maximum absolute atomic E-state index is 13.1. The van der Waals surface area contributed by atoms with E-state index < -0.39 is 11.7 Å². The lowest BCUT2D eigenvalue weighted by molar-refractivity contribution is -0.121. The molecule has 1 aromatic carbocycles. The lowest BCUT2D eigenvalue weighted by Crippen LogP contribution is -2.54. The van der Waals surface area contributed by atoms with E-state index in [9.17, 15) is 15.0 Å². The highest BCUT2D eigenvalue weighted by atomic mass is 16.3. The first-order chi connectivity index (χ1) is 16.8. The Balaban J connectivity index is 1.21. The van der Waals surface area contributed by atoms with Crippen molar-refractivity contribution in [2.75, 3.05) is 25.9 Å². The molecular weight excluding hydrogens is 446 g/mol. The number of nitrogens with two attached hydrogens (primary N) is 1. The van der Waals surface area contributed by atoms with Crippen molar-refractivity contribution in [3.8, 4) is 0 Å². The minimum Gasteiger partial charge on any atom is -0.390 e. The minimum atomic E-state index is -1.36. The van der Waals surface area contributed by atoms with Crippen LogP contribution in [0.5, 0.6) is 0 Å². The van der Waals surface area contributed by atoms with E-state index >= 15 is 0 Å². The first-order valence-corrected chi connectivity index (χ1v) is 12.2. The van der Waals surface area contributed by atoms with Crippen molar-refractivity contribution >= 4 is 22.9 Å². The molecule has 1 saturated heterocycles. The number of nitrogens with zero attached hydrogens (tertiary/aromatic N) is 6. The summed E-state index contributed by atoms with van der Waals surface area (Å²) in [4.78, 5) is 29.7. The number of aliphatic hydroxyl groups excluding tert-OH is 1. The van der Waals surface area contributed by atoms with Crippen LogP contribution in [0.1, 0.15) is 48.0 Å². The van der Waals surface area contributed by atoms with Gasteiger partial charge in [-0.2, -0.15) is 0 Å². The van der Waals surface area contributed by atoms with Gasteiger partial charge in [-0.1, -0.05) is 12.1 Å². The van der Waals surface area contributed by atoms with Gasteiger partial charge in [0.2, 0.25) is 0 Å². The maximum atomic E-state index is 13.1. The van der Waals surface area contributed by atoms with Gasteiger partial charge in [-0.3, -0.25) is 9.69 Å². The van der Waals surface area contributed by atoms with Crippen LogP contribution in [-0.2, 0) is 13.1 Å². The molecule has 2 aromatic heterocycles. The Kier molecular flexibility index (Phi) is 6.43. The number of anilines is 1. The molecule has 0 unspecified atom stereocenters. The number of aromatic nitrogens is 4. The van der Waals surface area contributed by atoms with Gasteiger partial charge in [0.1, 0.15) is 17.4 Å². The van der Waals surface area contributed by atoms with Crippen LogP contribution in [-0.4, -0.2) is 83.3 Å². The molecule has 0 spiro atoms. The quantitative estimate of drug-likeness (QED) is 0.483. The summed E-state index contributed by atoms with van der Waals surface area (Å²) in [5.41, 5.74) is 7.33. The smallest absolute Gasteiger partial charge is 0.253 e. The number of likely N-dealkylation sites (tertiary alicyclic amines) is 1. The molecule has 35 heavy (non-hydrogen) atoms. The van der Waals surface area contributed by atoms with Crippen LogP contribution in [0.15, 0.2) is 36.9 Å². The Morgan fingerprint density at radius 3 is 2.66 bits per heavy atom. The molecule has 2 fully saturated rings. The Bertz CT molecular complexity index is 1190. The van der Waals surface area contributed by atoms with Gasteiger partial charge >= 0.3 is 0 Å². The van der Waals surface area contributed by atoms with Crippen molar-refractivity contribution in [2.45, 2.75) is 62.9 Å². The molecule has 0 radical (unpaired) electrons. The van der Waals surface area contributed by atoms with E-state index in [1.807, 2.05) is 24.3 Å². The van der Waals surface area contributed by atoms with Crippen LogP contribution in [0.3, 0.4) is 0 Å². The molecule has 3 aromatic rings. The maximum Gasteiger partial charge on any atom is 0.253 e. The summed E-state index contributed by atoms with van der Waals surface area (Å²) >= 11 is 0. The van der Waals surface area contributed by atoms with E-state index in [-0.39, 0.29) is 30.7 Å². The number of imidazole rings is 1. The predicted molar refractivity (Wildman–Crippen MR) is 131 cm³/mol. The second kappa shape index (κ2) is 9.52. The van der Waals surface area contributed by atoms with Crippen LogP contribution < -0.4 is 5.73 Å². The van der Waals surface area contributed by atoms with Gasteiger partial charge in [0.15, 0.2) is 11.5 Å². The first-order valence-electron chi connectivity index (χ1n) is 12.2. The molecule has 1 saturated carbocycles. The highest BCUT2D eigenvalue weighted by molar-refractivity contribution is 5.94. The monoisotopic (exact) mass is 479 g/mol. The summed E-state index contributed by atoms with van der Waals surface area (Å²) in [5.74, 6) is 0.197. The summed E-state index contributed by atoms with van der Waals surface area (Å²) in [6.45, 7) is 3.32. The normalized spacial score (nSPS) is 25.2. The second-order valence-electron chi connectivity index (χ2n) is 9.95. The zero-order chi connectivity index (χ0) is 24.6. The molecular formula is C25H33N7O3. The van der Waals surface area contributed by atoms with Gasteiger partial charge in [0.05, 0.1) is 19.0 Å². The topological polar surface area (TPSA) is 134 Å². The average Bonchev–Trinajstić information content (AvgIpc) is 3.51. The zero-order valence-electron chi connectivity index (χ0n) is 20.0. The van der Waals surface area contributed by atoms with E-state index in [0.717, 1.165) is 19.6 Å². The van der Waals surface area contributed by atoms with Crippen molar-refractivity contribution in [1.29, 1.82) is 0 Å². The number of nitrogen functional groups attached to an aromatic ring is 1. The van der Waals surface area contributed by atoms with Crippen LogP contribution >= 0.6 is 0 Å². The molecule has 0 bridgehead atoms. The van der Waals surface area contributed by atoms with Gasteiger partial charge in [0.25, 0.3) is 5.91 Å². The summed E-state index contributed by atoms with van der Waals surface area (Å²) in [7, 11) is 1.77. The summed E-state index contributed by atoms with van der Waals surface area (Å²) < 4.78 is 1.69. The Hall–Kier alpha value is -3.08. The largest absolute Gasteiger partial charge is 0.390 e. The minimum absolute atomic E-state index is 0.0758. The number of amides is 1. The third-order valence-electron chi connectivity index (χ3n) is 7.57. The van der Waals surface area contributed by atoms with Gasteiger partial charge in [-0.15, -0.1) is 0 Å². The lowest BCUT2D eigenvalue weighted by atomic mass is 9.79. The molecule has 1 aliphatic carbocycles. The molecule has 186 valence electrons. The lowest BCUT2D eigenvalue weighted by Gasteiger charge is -2.43. The fourth-order valence-corrected chi connectivity index (χ4v) is 5.34. The van der Waals surface area contributed by atoms with E-state index in [4.69, 9.17) is 5.73 Å². The molecule has 4 N–H and O–H groups in total. The molecule has 10 heteroatoms. The van der Waals surface area contributed by atoms with E-state index in [0.29, 0.717) is 29.6 Å². The van der Waals surface area contributed by atoms with Crippen molar-refractivity contribution in [2.24, 2.45) is 0 Å². The highest BCUT2D eigenvalue weighted by Crippen LogP contribution is 2.33. The number of hydrogen-bond acceptors (Lipinski definition) is 8. The fourth-order valence-electron chi connectivity index (χ4n) is 5.34. The SMILES string of the molecule is CN(C(=O)c1ccc(CN2CCCC2)cc1)[C@H]1CC[C@@](O)(Cn2cnc3c(N)ncnc32)[C@H](O)C1. The number of carbonyl (C=O) groups excluding carboxylic acids is 1. The standard InChI is InChI=1S/C25H33N7O3/c1-30(24(34)18-6-4-17(5-7-18)13-31-10-2-3-11-31)19-8-9-25(35,20(33)12-19)14-32-16-29-21-22(26)27-15-28-23(21)32/h4-7,15-16,19-20,33,35H,2-3,8-14H2,1H3,(H2,26,27,28)/t19-,20+,25+/m0/s1. The summed E-state index contributed by atoms with van der Waals surface area (Å²) in [6.07, 6.45) is 5.61. The molecule has 3 atom stereocenters. The fraction of sp³-hybridized carbons (Fsp3) is 0.520. The third-order valence-corrected chi connectivity index (χ3v) is 7.57. The second-order valence-corrected chi connectivity index (χ2v) is 9.95. The van der Waals surface area contributed by atoms with Crippen LogP contribution in [0.25, 0.3) is 11.2 Å². The molecule has 1 amide bonds. The molecule has 10 nitrogen and oxygen atoms in total. The Morgan fingerprint density at radius 1 is 1.20 bits per heavy atom. The molecule has 3 heterocycles. The predicted octanol–water partition coefficient (Wildman–Crippen LogP) is 1.42. The molecule has 2 aliphatic rings. The Labute approximate surface area is 204 Å². The number of fused-ring (bicyclic) bond motifs is 1. The van der Waals surface area contributed by atoms with Crippen molar-refractivity contribution < 1.29 is 15.0 Å². The van der Waals surface area contributed by atoms with Crippen molar-refractivity contribution in [3.63, 3.8) is 0 Å². The number of aliphatic hydroxyl groups is 2. The van der Waals surface area contributed by atoms with Gasteiger partial charge < -0.3 is 25.4 Å². The highest BCUT2D eigenvalue weighted by Gasteiger charge is 2.43. The molecule has 1 aliphatic heterocycles. The number of hydrogen-bond donors (Lipinski definition) is 3. The van der Waals surface area contributed by atoms with E-state index in [2.05, 4.69) is 19.9 Å². The average molecular weight is 480 g/mol. The van der Waals surface area contributed by atoms with Crippen molar-refractivity contribution in [1.82, 2.24) is 29.3 Å². The number of carbonyl (C=O) groups is 1. The summed E-state index contributed by atoms with van der Waals surface area (Å²) in [5, 5.41) is 22.2.